The Morgan fingerprint density at radius 2 is 2.02 bits per heavy atom. The number of amides is 1. The van der Waals surface area contributed by atoms with Crippen LogP contribution in [0.15, 0.2) is 58.1 Å². The molecule has 42 heavy (non-hydrogen) atoms. The number of rotatable bonds is 17. The fourth-order valence-corrected chi connectivity index (χ4v) is 6.37. The Hall–Kier alpha value is -2.42. The van der Waals surface area contributed by atoms with Crippen molar-refractivity contribution in [2.45, 2.75) is 83.6 Å². The van der Waals surface area contributed by atoms with Gasteiger partial charge in [-0.05, 0) is 70.6 Å². The number of hydrogen-bond acceptors (Lipinski definition) is 5. The Morgan fingerprint density at radius 1 is 1.26 bits per heavy atom. The van der Waals surface area contributed by atoms with Crippen LogP contribution in [0.3, 0.4) is 0 Å². The van der Waals surface area contributed by atoms with E-state index in [0.717, 1.165) is 65.1 Å². The van der Waals surface area contributed by atoms with E-state index in [1.54, 1.807) is 14.0 Å². The third kappa shape index (κ3) is 12.1. The molecule has 3 N–H and O–H groups in total. The maximum Gasteiger partial charge on any atom is 0.416 e. The minimum atomic E-state index is -4.76. The molecule has 2 heterocycles. The van der Waals surface area contributed by atoms with Crippen LogP contribution in [-0.2, 0) is 14.3 Å². The lowest BCUT2D eigenvalue weighted by atomic mass is 10.0. The van der Waals surface area contributed by atoms with Crippen LogP contribution in [0, 0.1) is 0 Å². The van der Waals surface area contributed by atoms with E-state index >= 15 is 0 Å². The van der Waals surface area contributed by atoms with E-state index in [1.807, 2.05) is 6.92 Å². The Kier molecular flexibility index (Phi) is 15.6. The summed E-state index contributed by atoms with van der Waals surface area (Å²) in [7, 11) is 2.37. The lowest BCUT2D eigenvalue weighted by Crippen LogP contribution is -2.44. The van der Waals surface area contributed by atoms with Gasteiger partial charge >= 0.3 is 12.1 Å². The summed E-state index contributed by atoms with van der Waals surface area (Å²) >= 11 is 0. The smallest absolute Gasteiger partial charge is 0.416 e. The van der Waals surface area contributed by atoms with Crippen LogP contribution >= 0.6 is 8.58 Å². The number of methoxy groups -OCH3 is 1. The van der Waals surface area contributed by atoms with Crippen LogP contribution in [0.5, 0.6) is 0 Å². The van der Waals surface area contributed by atoms with E-state index in [9.17, 15) is 27.9 Å². The SMILES string of the molecule is C\C=C(/C(=C\C=C(/C)CC)C(=O)NC(CCN(CCCCC1C=CC2=C(NCCC2)P1)CCOC)C(=O)O)C(F)(F)F. The molecule has 0 saturated heterocycles. The molecule has 0 aromatic carbocycles. The number of carbonyl (C=O) groups is 2. The van der Waals surface area contributed by atoms with Gasteiger partial charge in [-0.15, -0.1) is 0 Å². The van der Waals surface area contributed by atoms with E-state index in [0.29, 0.717) is 31.8 Å². The van der Waals surface area contributed by atoms with Crippen molar-refractivity contribution in [2.75, 3.05) is 39.9 Å². The van der Waals surface area contributed by atoms with Gasteiger partial charge in [-0.2, -0.15) is 13.2 Å². The van der Waals surface area contributed by atoms with Gasteiger partial charge < -0.3 is 25.4 Å². The Labute approximate surface area is 250 Å². The first-order valence-electron chi connectivity index (χ1n) is 14.8. The minimum Gasteiger partial charge on any atom is -0.480 e. The van der Waals surface area contributed by atoms with Crippen LogP contribution in [-0.4, -0.2) is 79.7 Å². The average Bonchev–Trinajstić information content (AvgIpc) is 2.96. The molecule has 0 radical (unpaired) electrons. The maximum atomic E-state index is 13.7. The molecule has 0 spiro atoms. The van der Waals surface area contributed by atoms with Crippen molar-refractivity contribution in [3.8, 4) is 0 Å². The fraction of sp³-hybridized carbons (Fsp3) is 0.613. The van der Waals surface area contributed by atoms with E-state index in [1.165, 1.54) is 30.4 Å². The third-order valence-corrected chi connectivity index (χ3v) is 9.15. The summed E-state index contributed by atoms with van der Waals surface area (Å²) in [6, 6.07) is -1.34. The summed E-state index contributed by atoms with van der Waals surface area (Å²) in [4.78, 5) is 27.1. The zero-order chi connectivity index (χ0) is 31.1. The number of carbonyl (C=O) groups excluding carboxylic acids is 1. The van der Waals surface area contributed by atoms with Crippen LogP contribution in [0.25, 0.3) is 0 Å². The molecular weight excluding hydrogens is 566 g/mol. The summed E-state index contributed by atoms with van der Waals surface area (Å²) in [5, 5.41) is 15.7. The van der Waals surface area contributed by atoms with Gasteiger partial charge in [0.2, 0.25) is 0 Å². The second-order valence-corrected chi connectivity index (χ2v) is 12.2. The first-order chi connectivity index (χ1) is 20.0. The van der Waals surface area contributed by atoms with E-state index in [2.05, 4.69) is 27.7 Å². The van der Waals surface area contributed by atoms with Crippen LogP contribution < -0.4 is 10.6 Å². The highest BCUT2D eigenvalue weighted by Gasteiger charge is 2.38. The van der Waals surface area contributed by atoms with Gasteiger partial charge in [0.1, 0.15) is 6.04 Å². The highest BCUT2D eigenvalue weighted by molar-refractivity contribution is 7.44. The van der Waals surface area contributed by atoms with Crippen molar-refractivity contribution >= 4 is 20.5 Å². The first kappa shape index (κ1) is 35.8. The summed E-state index contributed by atoms with van der Waals surface area (Å²) in [5.41, 5.74) is 2.45. The Morgan fingerprint density at radius 3 is 2.67 bits per heavy atom. The lowest BCUT2D eigenvalue weighted by Gasteiger charge is -2.28. The van der Waals surface area contributed by atoms with E-state index in [-0.39, 0.29) is 6.42 Å². The number of allylic oxidation sites excluding steroid dienone is 7. The Balaban J connectivity index is 1.98. The number of aliphatic carboxylic acids is 1. The molecule has 11 heteroatoms. The number of carboxylic acids is 1. The number of ether oxygens (including phenoxy) is 1. The van der Waals surface area contributed by atoms with Gasteiger partial charge in [0.15, 0.2) is 0 Å². The summed E-state index contributed by atoms with van der Waals surface area (Å²) in [6.07, 6.45) is 9.24. The summed E-state index contributed by atoms with van der Waals surface area (Å²) in [6.45, 7) is 7.99. The molecule has 1 amide bonds. The molecule has 0 fully saturated rings. The zero-order valence-electron chi connectivity index (χ0n) is 25.3. The van der Waals surface area contributed by atoms with Gasteiger partial charge in [-0.25, -0.2) is 4.79 Å². The van der Waals surface area contributed by atoms with Gasteiger partial charge in [0.05, 0.1) is 17.8 Å². The third-order valence-electron chi connectivity index (χ3n) is 7.51. The molecule has 2 aliphatic heterocycles. The minimum absolute atomic E-state index is 0.0500. The molecule has 3 atom stereocenters. The zero-order valence-corrected chi connectivity index (χ0v) is 26.3. The van der Waals surface area contributed by atoms with Crippen molar-refractivity contribution in [3.05, 3.63) is 58.1 Å². The molecule has 0 bridgehead atoms. The van der Waals surface area contributed by atoms with Crippen molar-refractivity contribution in [1.29, 1.82) is 0 Å². The molecule has 0 aromatic rings. The predicted octanol–water partition coefficient (Wildman–Crippen LogP) is 6.07. The van der Waals surface area contributed by atoms with Crippen LogP contribution in [0.2, 0.25) is 0 Å². The van der Waals surface area contributed by atoms with Crippen molar-refractivity contribution < 1.29 is 32.6 Å². The van der Waals surface area contributed by atoms with Gasteiger partial charge in [-0.1, -0.05) is 51.8 Å². The summed E-state index contributed by atoms with van der Waals surface area (Å²) < 4.78 is 46.3. The van der Waals surface area contributed by atoms with Gasteiger partial charge in [-0.3, -0.25) is 4.79 Å². The number of unbranched alkanes of at least 4 members (excludes halogenated alkanes) is 1. The number of halogens is 3. The van der Waals surface area contributed by atoms with Crippen molar-refractivity contribution in [1.82, 2.24) is 15.5 Å². The largest absolute Gasteiger partial charge is 0.480 e. The number of nitrogens with zero attached hydrogens (tertiary/aromatic N) is 1. The standard InChI is InChI=1S/C31H47F3N3O4P/c1-5-22(3)12-15-25(26(6-2)31(32,33)34)28(38)36-27(30(39)40)16-19-37(20-21-41-4)18-8-7-11-24-14-13-23-10-9-17-35-29(23)42-24/h6,12-15,24,27,35,42H,5,7-11,16-21H2,1-4H3,(H,36,38)(H,39,40)/b22-12+,25-15+,26-6+. The van der Waals surface area contributed by atoms with Crippen LogP contribution in [0.1, 0.15) is 65.7 Å². The summed E-state index contributed by atoms with van der Waals surface area (Å²) in [5.74, 6) is -2.36. The topological polar surface area (TPSA) is 90.9 Å². The molecule has 0 aromatic heterocycles. The highest BCUT2D eigenvalue weighted by atomic mass is 31.1. The van der Waals surface area contributed by atoms with Gasteiger partial charge in [0, 0.05) is 37.8 Å². The van der Waals surface area contributed by atoms with E-state index < -0.39 is 35.2 Å². The molecule has 2 rings (SSSR count). The van der Waals surface area contributed by atoms with Crippen molar-refractivity contribution in [2.24, 2.45) is 0 Å². The monoisotopic (exact) mass is 613 g/mol. The molecule has 236 valence electrons. The Bertz CT molecular complexity index is 1070. The highest BCUT2D eigenvalue weighted by Crippen LogP contribution is 2.40. The second kappa shape index (κ2) is 18.3. The van der Waals surface area contributed by atoms with Crippen LogP contribution in [0.4, 0.5) is 13.2 Å². The number of alkyl halides is 3. The van der Waals surface area contributed by atoms with E-state index in [4.69, 9.17) is 4.74 Å². The number of hydrogen-bond donors (Lipinski definition) is 3. The first-order valence-corrected chi connectivity index (χ1v) is 15.9. The molecule has 0 aliphatic carbocycles. The molecular formula is C31H47F3N3O4P. The normalized spacial score (nSPS) is 19.6. The second-order valence-electron chi connectivity index (χ2n) is 10.7. The maximum absolute atomic E-state index is 13.7. The fourth-order valence-electron chi connectivity index (χ4n) is 4.84. The molecule has 2 aliphatic rings. The lowest BCUT2D eigenvalue weighted by molar-refractivity contribution is -0.141. The molecule has 7 nitrogen and oxygen atoms in total. The van der Waals surface area contributed by atoms with Crippen molar-refractivity contribution in [3.63, 3.8) is 0 Å². The number of carboxylic acid groups (broad SMARTS) is 1. The molecule has 0 saturated carbocycles. The molecule has 3 unspecified atom stereocenters. The number of nitrogens with one attached hydrogen (secondary N) is 2. The van der Waals surface area contributed by atoms with Gasteiger partial charge in [0.25, 0.3) is 5.91 Å². The quantitative estimate of drug-likeness (QED) is 0.0799. The predicted molar refractivity (Wildman–Crippen MR) is 164 cm³/mol. The average molecular weight is 614 g/mol.